The Morgan fingerprint density at radius 3 is 2.96 bits per heavy atom. The van der Waals surface area contributed by atoms with Crippen molar-refractivity contribution < 1.29 is 18.7 Å². The number of nitrogens with one attached hydrogen (secondary N) is 1. The molecule has 1 aromatic carbocycles. The highest BCUT2D eigenvalue weighted by atomic mass is 16.5. The van der Waals surface area contributed by atoms with E-state index in [9.17, 15) is 9.59 Å². The lowest BCUT2D eigenvalue weighted by atomic mass is 9.79. The Hall–Kier alpha value is -2.50. The van der Waals surface area contributed by atoms with Crippen molar-refractivity contribution in [2.24, 2.45) is 5.41 Å². The molecule has 1 spiro atoms. The summed E-state index contributed by atoms with van der Waals surface area (Å²) < 4.78 is 11.1. The molecule has 0 aliphatic carbocycles. The maximum atomic E-state index is 13.0. The minimum atomic E-state index is -0.420. The first-order valence-corrected chi connectivity index (χ1v) is 8.69. The van der Waals surface area contributed by atoms with Crippen LogP contribution in [0.4, 0.5) is 0 Å². The number of rotatable bonds is 2. The summed E-state index contributed by atoms with van der Waals surface area (Å²) in [6.45, 7) is 3.69. The fourth-order valence-corrected chi connectivity index (χ4v) is 4.05. The van der Waals surface area contributed by atoms with Crippen LogP contribution in [-0.4, -0.2) is 43.5 Å². The molecular formula is C19H22N2O4. The molecule has 6 heteroatoms. The van der Waals surface area contributed by atoms with E-state index in [0.29, 0.717) is 30.2 Å². The molecule has 0 saturated carbocycles. The molecule has 2 saturated heterocycles. The van der Waals surface area contributed by atoms with E-state index in [2.05, 4.69) is 5.32 Å². The van der Waals surface area contributed by atoms with Crippen LogP contribution in [0.3, 0.4) is 0 Å². The van der Waals surface area contributed by atoms with Crippen molar-refractivity contribution in [3.63, 3.8) is 0 Å². The van der Waals surface area contributed by atoms with E-state index in [1.807, 2.05) is 19.1 Å². The number of hydrogen-bond donors (Lipinski definition) is 1. The number of amides is 2. The minimum absolute atomic E-state index is 0.0834. The van der Waals surface area contributed by atoms with Gasteiger partial charge in [-0.3, -0.25) is 9.59 Å². The van der Waals surface area contributed by atoms with Crippen molar-refractivity contribution in [1.82, 2.24) is 10.2 Å². The number of benzene rings is 1. The number of aryl methyl sites for hydroxylation is 1. The highest BCUT2D eigenvalue weighted by Crippen LogP contribution is 2.38. The number of nitrogens with zero attached hydrogens (tertiary/aromatic N) is 1. The summed E-state index contributed by atoms with van der Waals surface area (Å²) in [5, 5.41) is 3.86. The SMILES string of the molecule is COc1ccc2c(C)c(C(=O)N3CCC4(CCCNC4=O)C3)oc2c1. The molecule has 1 N–H and O–H groups in total. The second kappa shape index (κ2) is 5.79. The lowest BCUT2D eigenvalue weighted by molar-refractivity contribution is -0.132. The number of fused-ring (bicyclic) bond motifs is 1. The lowest BCUT2D eigenvalue weighted by Crippen LogP contribution is -2.47. The van der Waals surface area contributed by atoms with E-state index < -0.39 is 5.41 Å². The Morgan fingerprint density at radius 1 is 1.36 bits per heavy atom. The maximum absolute atomic E-state index is 13.0. The Labute approximate surface area is 146 Å². The summed E-state index contributed by atoms with van der Waals surface area (Å²) in [5.41, 5.74) is 1.05. The maximum Gasteiger partial charge on any atom is 0.289 e. The van der Waals surface area contributed by atoms with Crippen LogP contribution in [0.2, 0.25) is 0 Å². The fourth-order valence-electron chi connectivity index (χ4n) is 4.05. The number of methoxy groups -OCH3 is 1. The van der Waals surface area contributed by atoms with Crippen LogP contribution in [-0.2, 0) is 4.79 Å². The van der Waals surface area contributed by atoms with Gasteiger partial charge in [-0.1, -0.05) is 0 Å². The zero-order valence-electron chi connectivity index (χ0n) is 14.6. The van der Waals surface area contributed by atoms with Gasteiger partial charge in [0, 0.05) is 36.7 Å². The van der Waals surface area contributed by atoms with Crippen molar-refractivity contribution in [2.45, 2.75) is 26.2 Å². The van der Waals surface area contributed by atoms with E-state index in [1.54, 1.807) is 18.1 Å². The molecule has 3 heterocycles. The van der Waals surface area contributed by atoms with Crippen molar-refractivity contribution in [3.8, 4) is 5.75 Å². The zero-order chi connectivity index (χ0) is 17.6. The molecule has 2 fully saturated rings. The quantitative estimate of drug-likeness (QED) is 0.910. The third-order valence-electron chi connectivity index (χ3n) is 5.58. The topological polar surface area (TPSA) is 71.8 Å². The summed E-state index contributed by atoms with van der Waals surface area (Å²) >= 11 is 0. The fraction of sp³-hybridized carbons (Fsp3) is 0.474. The van der Waals surface area contributed by atoms with Gasteiger partial charge in [0.2, 0.25) is 5.91 Å². The van der Waals surface area contributed by atoms with Crippen molar-refractivity contribution in [2.75, 3.05) is 26.7 Å². The second-order valence-electron chi connectivity index (χ2n) is 7.03. The Morgan fingerprint density at radius 2 is 2.20 bits per heavy atom. The number of furan rings is 1. The van der Waals surface area contributed by atoms with Crippen molar-refractivity contribution >= 4 is 22.8 Å². The van der Waals surface area contributed by atoms with E-state index >= 15 is 0 Å². The molecule has 2 amide bonds. The molecule has 1 unspecified atom stereocenters. The molecule has 2 aliphatic heterocycles. The Bertz CT molecular complexity index is 856. The molecular weight excluding hydrogens is 320 g/mol. The molecule has 1 aromatic heterocycles. The third-order valence-corrected chi connectivity index (χ3v) is 5.58. The largest absolute Gasteiger partial charge is 0.497 e. The van der Waals surface area contributed by atoms with Crippen molar-refractivity contribution in [1.29, 1.82) is 0 Å². The van der Waals surface area contributed by atoms with Crippen LogP contribution in [0.1, 0.15) is 35.4 Å². The predicted octanol–water partition coefficient (Wildman–Crippen LogP) is 2.49. The van der Waals surface area contributed by atoms with Gasteiger partial charge >= 0.3 is 0 Å². The summed E-state index contributed by atoms with van der Waals surface area (Å²) in [4.78, 5) is 27.1. The normalized spacial score (nSPS) is 23.3. The van der Waals surface area contributed by atoms with Gasteiger partial charge in [-0.05, 0) is 38.3 Å². The first-order valence-electron chi connectivity index (χ1n) is 8.69. The molecule has 0 bridgehead atoms. The first kappa shape index (κ1) is 16.0. The van der Waals surface area contributed by atoms with Gasteiger partial charge < -0.3 is 19.4 Å². The second-order valence-corrected chi connectivity index (χ2v) is 7.03. The molecule has 4 rings (SSSR count). The van der Waals surface area contributed by atoms with E-state index in [1.165, 1.54) is 0 Å². The van der Waals surface area contributed by atoms with Gasteiger partial charge in [0.1, 0.15) is 11.3 Å². The highest BCUT2D eigenvalue weighted by Gasteiger charge is 2.47. The lowest BCUT2D eigenvalue weighted by Gasteiger charge is -2.32. The number of piperidine rings is 1. The number of carbonyl (C=O) groups excluding carboxylic acids is 2. The van der Waals surface area contributed by atoms with Gasteiger partial charge in [0.25, 0.3) is 5.91 Å². The molecule has 2 aromatic rings. The first-order chi connectivity index (χ1) is 12.0. The van der Waals surface area contributed by atoms with Crippen LogP contribution >= 0.6 is 0 Å². The summed E-state index contributed by atoms with van der Waals surface area (Å²) in [7, 11) is 1.60. The summed E-state index contributed by atoms with van der Waals surface area (Å²) in [5.74, 6) is 0.999. The van der Waals surface area contributed by atoms with Gasteiger partial charge in [-0.25, -0.2) is 0 Å². The molecule has 25 heavy (non-hydrogen) atoms. The average molecular weight is 342 g/mol. The summed E-state index contributed by atoms with van der Waals surface area (Å²) in [6, 6.07) is 5.55. The number of likely N-dealkylation sites (tertiary alicyclic amines) is 1. The van der Waals surface area contributed by atoms with Gasteiger partial charge in [-0.15, -0.1) is 0 Å². The Kier molecular flexibility index (Phi) is 3.71. The molecule has 0 radical (unpaired) electrons. The van der Waals surface area contributed by atoms with Gasteiger partial charge in [-0.2, -0.15) is 0 Å². The van der Waals surface area contributed by atoms with Crippen LogP contribution < -0.4 is 10.1 Å². The minimum Gasteiger partial charge on any atom is -0.497 e. The van der Waals surface area contributed by atoms with E-state index in [4.69, 9.17) is 9.15 Å². The highest BCUT2D eigenvalue weighted by molar-refractivity contribution is 5.99. The van der Waals surface area contributed by atoms with E-state index in [-0.39, 0.29) is 11.8 Å². The van der Waals surface area contributed by atoms with Crippen LogP contribution in [0.15, 0.2) is 22.6 Å². The Balaban J connectivity index is 1.62. The number of ether oxygens (including phenoxy) is 1. The molecule has 2 aliphatic rings. The van der Waals surface area contributed by atoms with Gasteiger partial charge in [0.15, 0.2) is 5.76 Å². The molecule has 1 atom stereocenters. The van der Waals surface area contributed by atoms with Crippen molar-refractivity contribution in [3.05, 3.63) is 29.5 Å². The molecule has 6 nitrogen and oxygen atoms in total. The smallest absolute Gasteiger partial charge is 0.289 e. The third kappa shape index (κ3) is 2.47. The average Bonchev–Trinajstić information content (AvgIpc) is 3.19. The monoisotopic (exact) mass is 342 g/mol. The van der Waals surface area contributed by atoms with Crippen LogP contribution in [0.5, 0.6) is 5.75 Å². The molecule has 132 valence electrons. The summed E-state index contributed by atoms with van der Waals surface area (Å²) in [6.07, 6.45) is 2.54. The number of carbonyl (C=O) groups is 2. The predicted molar refractivity (Wildman–Crippen MR) is 92.7 cm³/mol. The number of hydrogen-bond acceptors (Lipinski definition) is 4. The van der Waals surface area contributed by atoms with Gasteiger partial charge in [0.05, 0.1) is 12.5 Å². The standard InChI is InChI=1S/C19H22N2O4/c1-12-14-5-4-13(24-2)10-15(14)25-16(12)17(22)21-9-7-19(11-21)6-3-8-20-18(19)23/h4-5,10H,3,6-9,11H2,1-2H3,(H,20,23). The van der Waals surface area contributed by atoms with E-state index in [0.717, 1.165) is 36.8 Å². The van der Waals surface area contributed by atoms with Crippen LogP contribution in [0, 0.1) is 12.3 Å². The zero-order valence-corrected chi connectivity index (χ0v) is 14.6. The van der Waals surface area contributed by atoms with Crippen LogP contribution in [0.25, 0.3) is 11.0 Å².